The lowest BCUT2D eigenvalue weighted by Crippen LogP contribution is -2.46. The summed E-state index contributed by atoms with van der Waals surface area (Å²) in [5.74, 6) is -12.6. The maximum absolute atomic E-state index is 14.1. The monoisotopic (exact) mass is 716 g/mol. The predicted octanol–water partition coefficient (Wildman–Crippen LogP) is 6.99. The Morgan fingerprint density at radius 3 is 1.96 bits per heavy atom. The first-order chi connectivity index (χ1) is 24.0. The molecule has 4 aromatic rings. The molecule has 2 aliphatic rings. The zero-order valence-electron chi connectivity index (χ0n) is 26.7. The Morgan fingerprint density at radius 2 is 1.36 bits per heavy atom. The van der Waals surface area contributed by atoms with Crippen molar-refractivity contribution in [2.24, 2.45) is 0 Å². The minimum Gasteiger partial charge on any atom is -0.392 e. The van der Waals surface area contributed by atoms with Gasteiger partial charge < -0.3 is 29.9 Å². The number of aliphatic hydroxyl groups excluding tert-OH is 1. The normalized spacial score (nSPS) is 20.8. The van der Waals surface area contributed by atoms with Crippen molar-refractivity contribution in [2.45, 2.75) is 56.5 Å². The second-order valence-corrected chi connectivity index (χ2v) is 13.0. The first-order valence-electron chi connectivity index (χ1n) is 16.1. The van der Waals surface area contributed by atoms with Gasteiger partial charge in [0.05, 0.1) is 24.4 Å². The fourth-order valence-electron chi connectivity index (χ4n) is 6.34. The van der Waals surface area contributed by atoms with Crippen molar-refractivity contribution in [1.82, 2.24) is 10.2 Å². The molecular formula is C37H34ClF5N2O5. The number of piperidine rings is 1. The Balaban J connectivity index is 1.13. The van der Waals surface area contributed by atoms with E-state index in [-0.39, 0.29) is 25.4 Å². The van der Waals surface area contributed by atoms with E-state index in [1.807, 2.05) is 36.4 Å². The lowest BCUT2D eigenvalue weighted by Gasteiger charge is -2.42. The first kappa shape index (κ1) is 35.9. The van der Waals surface area contributed by atoms with Crippen LogP contribution in [0.15, 0.2) is 72.8 Å². The molecule has 3 N–H and O–H groups in total. The van der Waals surface area contributed by atoms with Gasteiger partial charge in [0.1, 0.15) is 5.56 Å². The Labute approximate surface area is 290 Å². The highest BCUT2D eigenvalue weighted by molar-refractivity contribution is 6.30. The van der Waals surface area contributed by atoms with Gasteiger partial charge in [0.2, 0.25) is 5.82 Å². The molecule has 0 bridgehead atoms. The average molecular weight is 717 g/mol. The molecule has 2 fully saturated rings. The van der Waals surface area contributed by atoms with Crippen LogP contribution in [0.5, 0.6) is 0 Å². The number of rotatable bonds is 9. The van der Waals surface area contributed by atoms with E-state index < -0.39 is 52.4 Å². The number of carbonyl (C=O) groups excluding carboxylic acids is 1. The summed E-state index contributed by atoms with van der Waals surface area (Å²) in [6.07, 6.45) is 0.241. The third kappa shape index (κ3) is 7.70. The number of halogens is 6. The van der Waals surface area contributed by atoms with Crippen LogP contribution in [-0.2, 0) is 28.2 Å². The van der Waals surface area contributed by atoms with Crippen molar-refractivity contribution >= 4 is 17.5 Å². The van der Waals surface area contributed by atoms with Crippen molar-refractivity contribution in [3.63, 3.8) is 0 Å². The second-order valence-electron chi connectivity index (χ2n) is 12.6. The quantitative estimate of drug-likeness (QED) is 0.0984. The lowest BCUT2D eigenvalue weighted by atomic mass is 9.84. The maximum atomic E-state index is 14.1. The molecule has 4 aromatic carbocycles. The third-order valence-electron chi connectivity index (χ3n) is 9.28. The third-order valence-corrected chi connectivity index (χ3v) is 9.54. The van der Waals surface area contributed by atoms with E-state index in [2.05, 4.69) is 10.2 Å². The van der Waals surface area contributed by atoms with E-state index in [1.54, 1.807) is 36.4 Å². The fourth-order valence-corrected chi connectivity index (χ4v) is 6.47. The van der Waals surface area contributed by atoms with E-state index in [9.17, 15) is 37.0 Å². The molecule has 264 valence electrons. The molecule has 0 aromatic heterocycles. The van der Waals surface area contributed by atoms with Gasteiger partial charge in [-0.25, -0.2) is 22.0 Å². The minimum atomic E-state index is -2.34. The number of nitrogens with one attached hydrogen (secondary N) is 1. The van der Waals surface area contributed by atoms with Gasteiger partial charge in [-0.2, -0.15) is 0 Å². The van der Waals surface area contributed by atoms with E-state index >= 15 is 0 Å². The summed E-state index contributed by atoms with van der Waals surface area (Å²) in [5.41, 5.74) is 1.12. The van der Waals surface area contributed by atoms with E-state index in [4.69, 9.17) is 21.1 Å². The Kier molecular flexibility index (Phi) is 10.9. The summed E-state index contributed by atoms with van der Waals surface area (Å²) >= 11 is 6.04. The van der Waals surface area contributed by atoms with Gasteiger partial charge in [-0.05, 0) is 47.2 Å². The van der Waals surface area contributed by atoms with Gasteiger partial charge in [-0.15, -0.1) is 0 Å². The van der Waals surface area contributed by atoms with Crippen LogP contribution in [-0.4, -0.2) is 46.8 Å². The van der Waals surface area contributed by atoms with Crippen LogP contribution in [0.25, 0.3) is 0 Å². The topological polar surface area (TPSA) is 91.3 Å². The Morgan fingerprint density at radius 1 is 0.800 bits per heavy atom. The van der Waals surface area contributed by atoms with Crippen LogP contribution >= 0.6 is 11.6 Å². The zero-order valence-corrected chi connectivity index (χ0v) is 27.4. The molecule has 0 unspecified atom stereocenters. The van der Waals surface area contributed by atoms with Crippen LogP contribution < -0.4 is 5.32 Å². The van der Waals surface area contributed by atoms with Crippen molar-refractivity contribution < 1.29 is 46.4 Å². The van der Waals surface area contributed by atoms with Crippen molar-refractivity contribution in [2.75, 3.05) is 19.6 Å². The molecule has 2 heterocycles. The summed E-state index contributed by atoms with van der Waals surface area (Å²) in [6.45, 7) is 1.53. The van der Waals surface area contributed by atoms with E-state index in [0.717, 1.165) is 16.7 Å². The predicted molar refractivity (Wildman–Crippen MR) is 173 cm³/mol. The molecule has 0 aliphatic carbocycles. The summed E-state index contributed by atoms with van der Waals surface area (Å²) < 4.78 is 81.6. The molecule has 1 amide bonds. The summed E-state index contributed by atoms with van der Waals surface area (Å²) in [7, 11) is 0. The fraction of sp³-hybridized carbons (Fsp3) is 0.324. The lowest BCUT2D eigenvalue weighted by molar-refractivity contribution is -0.253. The number of ether oxygens (including phenoxy) is 2. The Bertz CT molecular complexity index is 1790. The number of aliphatic hydroxyl groups is 2. The van der Waals surface area contributed by atoms with Gasteiger partial charge in [0.25, 0.3) is 5.91 Å². The minimum absolute atomic E-state index is 0.0914. The molecule has 2 saturated heterocycles. The maximum Gasteiger partial charge on any atom is 0.257 e. The van der Waals surface area contributed by atoms with Gasteiger partial charge >= 0.3 is 0 Å². The van der Waals surface area contributed by atoms with Crippen LogP contribution in [0.3, 0.4) is 0 Å². The number of hydrogen-bond acceptors (Lipinski definition) is 6. The smallest absolute Gasteiger partial charge is 0.257 e. The van der Waals surface area contributed by atoms with E-state index in [1.165, 1.54) is 0 Å². The highest BCUT2D eigenvalue weighted by atomic mass is 35.5. The van der Waals surface area contributed by atoms with Crippen LogP contribution in [0.2, 0.25) is 5.02 Å². The molecule has 3 atom stereocenters. The molecule has 0 radical (unpaired) electrons. The first-order valence-corrected chi connectivity index (χ1v) is 16.4. The summed E-state index contributed by atoms with van der Waals surface area (Å²) in [4.78, 5) is 14.6. The number of likely N-dealkylation sites (tertiary alicyclic amines) is 1. The molecule has 50 heavy (non-hydrogen) atoms. The van der Waals surface area contributed by atoms with E-state index in [0.29, 0.717) is 55.0 Å². The van der Waals surface area contributed by atoms with Crippen LogP contribution in [0.1, 0.15) is 69.8 Å². The highest BCUT2D eigenvalue weighted by Gasteiger charge is 2.37. The number of amides is 1. The SMILES string of the molecule is O=C(NCc1ccc([C@H]2O[C@@H](CN3CCC(O)(c4ccc(Cl)cc4)CC3)C[C@@H](c3ccc(CO)cc3)O2)cc1)c1c(F)c(F)c(F)c(F)c1F. The molecule has 2 aliphatic heterocycles. The largest absolute Gasteiger partial charge is 0.392 e. The van der Waals surface area contributed by atoms with Crippen LogP contribution in [0.4, 0.5) is 22.0 Å². The molecular weight excluding hydrogens is 683 g/mol. The highest BCUT2D eigenvalue weighted by Crippen LogP contribution is 2.39. The number of benzene rings is 4. The second kappa shape index (κ2) is 15.1. The van der Waals surface area contributed by atoms with Gasteiger partial charge in [-0.3, -0.25) is 4.79 Å². The van der Waals surface area contributed by atoms with Crippen LogP contribution in [0, 0.1) is 29.1 Å². The van der Waals surface area contributed by atoms with Gasteiger partial charge in [-0.1, -0.05) is 72.3 Å². The average Bonchev–Trinajstić information content (AvgIpc) is 3.13. The number of carbonyl (C=O) groups is 1. The van der Waals surface area contributed by atoms with Crippen molar-refractivity contribution in [3.05, 3.63) is 140 Å². The standard InChI is InChI=1S/C37H34ClF5N2O5/c38-26-11-9-25(10-12-26)37(48)13-15-45(16-14-37)19-27-17-28(23-5-3-22(20-46)4-6-23)50-36(49-27)24-7-1-21(2-8-24)18-44-35(47)29-30(39)32(41)34(43)33(42)31(29)40/h1-12,27-28,36,46,48H,13-20H2,(H,44,47)/t27-,28+,36+/m1/s1. The molecule has 13 heteroatoms. The molecule has 0 spiro atoms. The Hall–Kier alpha value is -3.91. The molecule has 0 saturated carbocycles. The van der Waals surface area contributed by atoms with Gasteiger partial charge in [0.15, 0.2) is 29.6 Å². The van der Waals surface area contributed by atoms with Crippen molar-refractivity contribution in [1.29, 1.82) is 0 Å². The number of nitrogens with zero attached hydrogens (tertiary/aromatic N) is 1. The zero-order chi connectivity index (χ0) is 35.6. The molecule has 7 nitrogen and oxygen atoms in total. The summed E-state index contributed by atoms with van der Waals surface area (Å²) in [5, 5.41) is 23.6. The molecule has 6 rings (SSSR count). The summed E-state index contributed by atoms with van der Waals surface area (Å²) in [6, 6.07) is 21.4. The van der Waals surface area contributed by atoms with Gasteiger partial charge in [0, 0.05) is 43.2 Å². The number of hydrogen-bond donors (Lipinski definition) is 3. The van der Waals surface area contributed by atoms with Crippen molar-refractivity contribution in [3.8, 4) is 0 Å².